The molecule has 0 amide bonds. The maximum Gasteiger partial charge on any atom is 0.270 e. The highest BCUT2D eigenvalue weighted by Gasteiger charge is 2.17. The van der Waals surface area contributed by atoms with E-state index in [1.165, 1.54) is 23.5 Å². The standard InChI is InChI=1S/C13H9BrFN3OS/c1-6-5-20-11(10(6)16)13-17-12(18-19-13)8-3-2-7(15)4-9(8)14/h2-5H,16H2,1H3. The van der Waals surface area contributed by atoms with Crippen molar-refractivity contribution >= 4 is 33.0 Å². The van der Waals surface area contributed by atoms with Crippen LogP contribution >= 0.6 is 27.3 Å². The predicted molar refractivity (Wildman–Crippen MR) is 79.9 cm³/mol. The number of rotatable bonds is 2. The van der Waals surface area contributed by atoms with E-state index in [2.05, 4.69) is 26.1 Å². The molecule has 0 bridgehead atoms. The average Bonchev–Trinajstić information content (AvgIpc) is 2.98. The second-order valence-corrected chi connectivity index (χ2v) is 5.94. The summed E-state index contributed by atoms with van der Waals surface area (Å²) >= 11 is 4.74. The Morgan fingerprint density at radius 1 is 1.40 bits per heavy atom. The largest absolute Gasteiger partial charge is 0.397 e. The number of halogens is 2. The second kappa shape index (κ2) is 4.99. The number of nitrogens with two attached hydrogens (primary N) is 1. The molecular formula is C13H9BrFN3OS. The molecule has 0 atom stereocenters. The molecular weight excluding hydrogens is 345 g/mol. The fourth-order valence-corrected chi connectivity index (χ4v) is 3.14. The maximum absolute atomic E-state index is 13.1. The number of hydrogen-bond donors (Lipinski definition) is 1. The van der Waals surface area contributed by atoms with Crippen LogP contribution in [-0.4, -0.2) is 10.1 Å². The van der Waals surface area contributed by atoms with Crippen molar-refractivity contribution in [2.24, 2.45) is 0 Å². The Morgan fingerprint density at radius 2 is 2.20 bits per heavy atom. The summed E-state index contributed by atoms with van der Waals surface area (Å²) in [5, 5.41) is 5.85. The minimum atomic E-state index is -0.331. The van der Waals surface area contributed by atoms with Crippen molar-refractivity contribution in [3.8, 4) is 22.2 Å². The van der Waals surface area contributed by atoms with Gasteiger partial charge in [0, 0.05) is 10.0 Å². The first-order chi connectivity index (χ1) is 9.56. The minimum absolute atomic E-state index is 0.331. The zero-order chi connectivity index (χ0) is 14.3. The van der Waals surface area contributed by atoms with Crippen LogP contribution in [0.2, 0.25) is 0 Å². The number of benzene rings is 1. The van der Waals surface area contributed by atoms with Crippen molar-refractivity contribution in [3.05, 3.63) is 39.4 Å². The van der Waals surface area contributed by atoms with Gasteiger partial charge in [0.1, 0.15) is 10.7 Å². The van der Waals surface area contributed by atoms with Gasteiger partial charge < -0.3 is 10.3 Å². The highest BCUT2D eigenvalue weighted by molar-refractivity contribution is 9.10. The molecule has 7 heteroatoms. The van der Waals surface area contributed by atoms with Crippen LogP contribution in [0.5, 0.6) is 0 Å². The lowest BCUT2D eigenvalue weighted by Gasteiger charge is -1.98. The number of nitrogens with zero attached hydrogens (tertiary/aromatic N) is 2. The quantitative estimate of drug-likeness (QED) is 0.747. The first kappa shape index (κ1) is 13.3. The zero-order valence-corrected chi connectivity index (χ0v) is 12.8. The summed E-state index contributed by atoms with van der Waals surface area (Å²) in [6, 6.07) is 4.30. The van der Waals surface area contributed by atoms with Crippen LogP contribution in [0.3, 0.4) is 0 Å². The van der Waals surface area contributed by atoms with E-state index in [0.29, 0.717) is 27.4 Å². The van der Waals surface area contributed by atoms with E-state index in [9.17, 15) is 4.39 Å². The number of anilines is 1. The van der Waals surface area contributed by atoms with E-state index in [-0.39, 0.29) is 5.82 Å². The molecule has 2 aromatic heterocycles. The molecule has 0 radical (unpaired) electrons. The Kier molecular flexibility index (Phi) is 3.31. The maximum atomic E-state index is 13.1. The van der Waals surface area contributed by atoms with Gasteiger partial charge in [-0.25, -0.2) is 4.39 Å². The van der Waals surface area contributed by atoms with Crippen LogP contribution in [0.15, 0.2) is 32.6 Å². The lowest BCUT2D eigenvalue weighted by molar-refractivity contribution is 0.433. The van der Waals surface area contributed by atoms with E-state index in [0.717, 1.165) is 10.4 Å². The molecule has 0 saturated carbocycles. The average molecular weight is 354 g/mol. The molecule has 20 heavy (non-hydrogen) atoms. The van der Waals surface area contributed by atoms with Gasteiger partial charge in [-0.15, -0.1) is 11.3 Å². The summed E-state index contributed by atoms with van der Waals surface area (Å²) in [4.78, 5) is 5.07. The third-order valence-corrected chi connectivity index (χ3v) is 4.57. The lowest BCUT2D eigenvalue weighted by atomic mass is 10.2. The highest BCUT2D eigenvalue weighted by Crippen LogP contribution is 2.35. The van der Waals surface area contributed by atoms with Gasteiger partial charge in [-0.1, -0.05) is 5.16 Å². The predicted octanol–water partition coefficient (Wildman–Crippen LogP) is 4.26. The van der Waals surface area contributed by atoms with Gasteiger partial charge in [0.15, 0.2) is 0 Å². The zero-order valence-electron chi connectivity index (χ0n) is 10.4. The van der Waals surface area contributed by atoms with E-state index >= 15 is 0 Å². The summed E-state index contributed by atoms with van der Waals surface area (Å²) in [6.07, 6.45) is 0. The van der Waals surface area contributed by atoms with Crippen molar-refractivity contribution in [1.29, 1.82) is 0 Å². The molecule has 0 aliphatic rings. The number of hydrogen-bond acceptors (Lipinski definition) is 5. The van der Waals surface area contributed by atoms with Crippen molar-refractivity contribution in [1.82, 2.24) is 10.1 Å². The van der Waals surface area contributed by atoms with E-state index in [1.54, 1.807) is 6.07 Å². The van der Waals surface area contributed by atoms with Gasteiger partial charge >= 0.3 is 0 Å². The second-order valence-electron chi connectivity index (χ2n) is 4.21. The number of aryl methyl sites for hydroxylation is 1. The Labute approximate surface area is 126 Å². The van der Waals surface area contributed by atoms with Gasteiger partial charge in [-0.05, 0) is 52.0 Å². The molecule has 0 spiro atoms. The molecule has 3 rings (SSSR count). The van der Waals surface area contributed by atoms with Crippen LogP contribution < -0.4 is 5.73 Å². The van der Waals surface area contributed by atoms with Crippen LogP contribution in [0, 0.1) is 12.7 Å². The molecule has 2 heterocycles. The van der Waals surface area contributed by atoms with Crippen LogP contribution in [-0.2, 0) is 0 Å². The Hall–Kier alpha value is -1.73. The topological polar surface area (TPSA) is 64.9 Å². The van der Waals surface area contributed by atoms with Crippen LogP contribution in [0.1, 0.15) is 5.56 Å². The molecule has 0 aliphatic heterocycles. The molecule has 102 valence electrons. The van der Waals surface area contributed by atoms with Gasteiger partial charge in [-0.3, -0.25) is 0 Å². The SMILES string of the molecule is Cc1csc(-c2nc(-c3ccc(F)cc3Br)no2)c1N. The number of aromatic nitrogens is 2. The normalized spacial score (nSPS) is 10.9. The summed E-state index contributed by atoms with van der Waals surface area (Å²) in [5.41, 5.74) is 8.24. The molecule has 4 nitrogen and oxygen atoms in total. The van der Waals surface area contributed by atoms with Gasteiger partial charge in [-0.2, -0.15) is 4.98 Å². The molecule has 0 fully saturated rings. The Bertz CT molecular complexity index is 784. The van der Waals surface area contributed by atoms with Gasteiger partial charge in [0.2, 0.25) is 5.82 Å². The van der Waals surface area contributed by atoms with Crippen LogP contribution in [0.4, 0.5) is 10.1 Å². The van der Waals surface area contributed by atoms with Gasteiger partial charge in [0.05, 0.1) is 5.69 Å². The molecule has 0 unspecified atom stereocenters. The first-order valence-electron chi connectivity index (χ1n) is 5.69. The molecule has 0 aliphatic carbocycles. The third kappa shape index (κ3) is 2.23. The van der Waals surface area contributed by atoms with Crippen molar-refractivity contribution in [2.75, 3.05) is 5.73 Å². The molecule has 2 N–H and O–H groups in total. The monoisotopic (exact) mass is 353 g/mol. The van der Waals surface area contributed by atoms with Crippen molar-refractivity contribution in [2.45, 2.75) is 6.92 Å². The first-order valence-corrected chi connectivity index (χ1v) is 7.36. The third-order valence-electron chi connectivity index (χ3n) is 2.82. The summed E-state index contributed by atoms with van der Waals surface area (Å²) in [6.45, 7) is 1.92. The molecule has 3 aromatic rings. The summed E-state index contributed by atoms with van der Waals surface area (Å²) in [7, 11) is 0. The van der Waals surface area contributed by atoms with E-state index < -0.39 is 0 Å². The lowest BCUT2D eigenvalue weighted by Crippen LogP contribution is -1.87. The summed E-state index contributed by atoms with van der Waals surface area (Å²) in [5.74, 6) is 0.423. The number of thiophene rings is 1. The smallest absolute Gasteiger partial charge is 0.270 e. The van der Waals surface area contributed by atoms with Gasteiger partial charge in [0.25, 0.3) is 5.89 Å². The van der Waals surface area contributed by atoms with Crippen LogP contribution in [0.25, 0.3) is 22.2 Å². The number of nitrogen functional groups attached to an aromatic ring is 1. The van der Waals surface area contributed by atoms with Crippen molar-refractivity contribution < 1.29 is 8.91 Å². The van der Waals surface area contributed by atoms with E-state index in [1.807, 2.05) is 12.3 Å². The highest BCUT2D eigenvalue weighted by atomic mass is 79.9. The molecule has 1 aromatic carbocycles. The fraction of sp³-hybridized carbons (Fsp3) is 0.0769. The summed E-state index contributed by atoms with van der Waals surface area (Å²) < 4.78 is 18.9. The van der Waals surface area contributed by atoms with Crippen molar-refractivity contribution in [3.63, 3.8) is 0 Å². The minimum Gasteiger partial charge on any atom is -0.397 e. The fourth-order valence-electron chi connectivity index (χ4n) is 1.71. The van der Waals surface area contributed by atoms with E-state index in [4.69, 9.17) is 10.3 Å². The Morgan fingerprint density at radius 3 is 2.85 bits per heavy atom. The molecule has 0 saturated heterocycles. The Balaban J connectivity index is 2.04.